The van der Waals surface area contributed by atoms with Crippen LogP contribution in [0.5, 0.6) is 11.5 Å². The minimum absolute atomic E-state index is 0.694. The molecule has 0 spiro atoms. The molecule has 1 rings (SSSR count). The number of methoxy groups -OCH3 is 2. The van der Waals surface area contributed by atoms with Crippen LogP contribution in [-0.2, 0) is 11.2 Å². The number of rotatable bonds is 9. The van der Waals surface area contributed by atoms with Crippen LogP contribution in [0.4, 0.5) is 0 Å². The molecule has 0 atom stereocenters. The molecular formula is C14H22BrNO3. The summed E-state index contributed by atoms with van der Waals surface area (Å²) in [6.07, 6.45) is 0.840. The van der Waals surface area contributed by atoms with Gasteiger partial charge in [-0.05, 0) is 30.7 Å². The van der Waals surface area contributed by atoms with Crippen LogP contribution < -0.4 is 14.8 Å². The largest absolute Gasteiger partial charge is 0.493 e. The zero-order valence-electron chi connectivity index (χ0n) is 11.8. The van der Waals surface area contributed by atoms with Crippen molar-refractivity contribution in [3.63, 3.8) is 0 Å². The number of hydrogen-bond acceptors (Lipinski definition) is 4. The van der Waals surface area contributed by atoms with Gasteiger partial charge in [0.1, 0.15) is 0 Å². The first-order chi connectivity index (χ1) is 9.22. The van der Waals surface area contributed by atoms with Crippen molar-refractivity contribution in [3.8, 4) is 11.5 Å². The number of benzene rings is 1. The summed E-state index contributed by atoms with van der Waals surface area (Å²) in [5.74, 6) is 1.47. The highest BCUT2D eigenvalue weighted by atomic mass is 79.9. The topological polar surface area (TPSA) is 39.7 Å². The van der Waals surface area contributed by atoms with Crippen LogP contribution in [0, 0.1) is 0 Å². The molecule has 0 radical (unpaired) electrons. The molecule has 0 aromatic heterocycles. The summed E-state index contributed by atoms with van der Waals surface area (Å²) in [5.41, 5.74) is 1.15. The lowest BCUT2D eigenvalue weighted by atomic mass is 10.1. The Labute approximate surface area is 123 Å². The molecule has 0 aliphatic carbocycles. The van der Waals surface area contributed by atoms with E-state index < -0.39 is 0 Å². The second-order valence-electron chi connectivity index (χ2n) is 4.01. The molecule has 0 saturated carbocycles. The van der Waals surface area contributed by atoms with Gasteiger partial charge in [0.05, 0.1) is 27.4 Å². The number of nitrogens with one attached hydrogen (secondary N) is 1. The van der Waals surface area contributed by atoms with Gasteiger partial charge in [0.15, 0.2) is 11.5 Å². The van der Waals surface area contributed by atoms with E-state index in [1.807, 2.05) is 12.1 Å². The molecule has 1 aromatic rings. The number of halogens is 1. The molecular weight excluding hydrogens is 310 g/mol. The van der Waals surface area contributed by atoms with Gasteiger partial charge in [0.25, 0.3) is 0 Å². The molecule has 0 aliphatic heterocycles. The molecule has 0 heterocycles. The molecule has 19 heavy (non-hydrogen) atoms. The summed E-state index contributed by atoms with van der Waals surface area (Å²) in [6, 6.07) is 3.91. The van der Waals surface area contributed by atoms with Gasteiger partial charge >= 0.3 is 0 Å². The van der Waals surface area contributed by atoms with Gasteiger partial charge in [-0.15, -0.1) is 0 Å². The molecule has 4 nitrogen and oxygen atoms in total. The van der Waals surface area contributed by atoms with Crippen LogP contribution >= 0.6 is 15.9 Å². The summed E-state index contributed by atoms with van der Waals surface area (Å²) in [5, 5.41) is 3.22. The summed E-state index contributed by atoms with van der Waals surface area (Å²) >= 11 is 3.54. The zero-order valence-corrected chi connectivity index (χ0v) is 13.4. The van der Waals surface area contributed by atoms with Crippen molar-refractivity contribution < 1.29 is 14.2 Å². The summed E-state index contributed by atoms with van der Waals surface area (Å²) in [7, 11) is 3.27. The number of hydrogen-bond donors (Lipinski definition) is 1. The minimum Gasteiger partial charge on any atom is -0.493 e. The van der Waals surface area contributed by atoms with E-state index in [0.717, 1.165) is 47.7 Å². The Bertz CT molecular complexity index is 385. The first-order valence-corrected chi connectivity index (χ1v) is 7.21. The Hall–Kier alpha value is -0.780. The molecule has 5 heteroatoms. The van der Waals surface area contributed by atoms with Crippen LogP contribution in [0.25, 0.3) is 0 Å². The Morgan fingerprint density at radius 3 is 2.42 bits per heavy atom. The van der Waals surface area contributed by atoms with Gasteiger partial charge in [0.2, 0.25) is 0 Å². The van der Waals surface area contributed by atoms with E-state index in [-0.39, 0.29) is 0 Å². The fraction of sp³-hybridized carbons (Fsp3) is 0.571. The Balaban J connectivity index is 2.49. The van der Waals surface area contributed by atoms with Gasteiger partial charge in [-0.2, -0.15) is 0 Å². The molecule has 0 fully saturated rings. The van der Waals surface area contributed by atoms with Crippen LogP contribution in [-0.4, -0.2) is 40.5 Å². The summed E-state index contributed by atoms with van der Waals surface area (Å²) < 4.78 is 17.1. The summed E-state index contributed by atoms with van der Waals surface area (Å²) in [6.45, 7) is 5.38. The minimum atomic E-state index is 0.694. The summed E-state index contributed by atoms with van der Waals surface area (Å²) in [4.78, 5) is 0. The second-order valence-corrected chi connectivity index (χ2v) is 4.87. The highest BCUT2D eigenvalue weighted by molar-refractivity contribution is 9.10. The maximum atomic E-state index is 5.57. The fourth-order valence-corrected chi connectivity index (χ4v) is 2.21. The third-order valence-corrected chi connectivity index (χ3v) is 3.48. The molecule has 0 aliphatic rings. The lowest BCUT2D eigenvalue weighted by Crippen LogP contribution is -2.19. The van der Waals surface area contributed by atoms with Crippen molar-refractivity contribution in [1.82, 2.24) is 5.32 Å². The average Bonchev–Trinajstić information content (AvgIpc) is 2.43. The number of ether oxygens (including phenoxy) is 3. The van der Waals surface area contributed by atoms with Crippen LogP contribution in [0.3, 0.4) is 0 Å². The third kappa shape index (κ3) is 5.38. The second kappa shape index (κ2) is 9.18. The van der Waals surface area contributed by atoms with E-state index >= 15 is 0 Å². The maximum Gasteiger partial charge on any atom is 0.161 e. The Kier molecular flexibility index (Phi) is 7.86. The van der Waals surface area contributed by atoms with Gasteiger partial charge in [-0.3, -0.25) is 0 Å². The predicted octanol–water partition coefficient (Wildman–Crippen LogP) is 2.63. The lowest BCUT2D eigenvalue weighted by molar-refractivity contribution is 0.139. The molecule has 108 valence electrons. The fourth-order valence-electron chi connectivity index (χ4n) is 1.69. The Morgan fingerprint density at radius 1 is 1.11 bits per heavy atom. The molecule has 0 bridgehead atoms. The van der Waals surface area contributed by atoms with Crippen LogP contribution in [0.2, 0.25) is 0 Å². The predicted molar refractivity (Wildman–Crippen MR) is 80.3 cm³/mol. The first-order valence-electron chi connectivity index (χ1n) is 6.41. The van der Waals surface area contributed by atoms with E-state index in [4.69, 9.17) is 14.2 Å². The van der Waals surface area contributed by atoms with Gasteiger partial charge < -0.3 is 19.5 Å². The standard InChI is InChI=1S/C14H22BrNO3/c1-4-16-6-8-19-7-5-11-9-13(17-2)14(18-3)10-12(11)15/h9-10,16H,4-8H2,1-3H3. The first kappa shape index (κ1) is 16.3. The average molecular weight is 332 g/mol. The SMILES string of the molecule is CCNCCOCCc1cc(OC)c(OC)cc1Br. The number of likely N-dealkylation sites (N-methyl/N-ethyl adjacent to an activating group) is 1. The van der Waals surface area contributed by atoms with Gasteiger partial charge in [0, 0.05) is 11.0 Å². The zero-order chi connectivity index (χ0) is 14.1. The van der Waals surface area contributed by atoms with E-state index in [0.29, 0.717) is 6.61 Å². The Morgan fingerprint density at radius 2 is 1.79 bits per heavy atom. The van der Waals surface area contributed by atoms with E-state index in [1.54, 1.807) is 14.2 Å². The molecule has 0 saturated heterocycles. The van der Waals surface area contributed by atoms with Crippen LogP contribution in [0.15, 0.2) is 16.6 Å². The molecule has 0 amide bonds. The van der Waals surface area contributed by atoms with Crippen molar-refractivity contribution in [3.05, 3.63) is 22.2 Å². The smallest absolute Gasteiger partial charge is 0.161 e. The maximum absolute atomic E-state index is 5.57. The van der Waals surface area contributed by atoms with E-state index in [1.165, 1.54) is 0 Å². The highest BCUT2D eigenvalue weighted by Gasteiger charge is 2.09. The monoisotopic (exact) mass is 331 g/mol. The molecule has 1 aromatic carbocycles. The lowest BCUT2D eigenvalue weighted by Gasteiger charge is -2.12. The van der Waals surface area contributed by atoms with Crippen molar-refractivity contribution >= 4 is 15.9 Å². The van der Waals surface area contributed by atoms with Crippen molar-refractivity contribution in [2.75, 3.05) is 40.5 Å². The van der Waals surface area contributed by atoms with E-state index in [9.17, 15) is 0 Å². The van der Waals surface area contributed by atoms with E-state index in [2.05, 4.69) is 28.2 Å². The van der Waals surface area contributed by atoms with Crippen LogP contribution in [0.1, 0.15) is 12.5 Å². The van der Waals surface area contributed by atoms with Gasteiger partial charge in [-0.1, -0.05) is 22.9 Å². The van der Waals surface area contributed by atoms with Crippen molar-refractivity contribution in [2.24, 2.45) is 0 Å². The van der Waals surface area contributed by atoms with Crippen molar-refractivity contribution in [1.29, 1.82) is 0 Å². The molecule has 0 unspecified atom stereocenters. The highest BCUT2D eigenvalue weighted by Crippen LogP contribution is 2.33. The quantitative estimate of drug-likeness (QED) is 0.706. The van der Waals surface area contributed by atoms with Crippen molar-refractivity contribution in [2.45, 2.75) is 13.3 Å². The third-order valence-electron chi connectivity index (χ3n) is 2.74. The molecule has 1 N–H and O–H groups in total. The normalized spacial score (nSPS) is 10.5. The van der Waals surface area contributed by atoms with Gasteiger partial charge in [-0.25, -0.2) is 0 Å².